The molecule has 3 nitrogen and oxygen atoms in total. The van der Waals surface area contributed by atoms with Gasteiger partial charge in [-0.25, -0.2) is 9.97 Å². The molecule has 0 saturated carbocycles. The fourth-order valence-corrected chi connectivity index (χ4v) is 2.17. The fourth-order valence-electron chi connectivity index (χ4n) is 1.95. The number of benzene rings is 1. The lowest BCUT2D eigenvalue weighted by Gasteiger charge is -2.05. The minimum atomic E-state index is 0.449. The zero-order chi connectivity index (χ0) is 11.3. The number of fused-ring (bicyclic) bond motifs is 3. The Morgan fingerprint density at radius 1 is 1.25 bits per heavy atom. The summed E-state index contributed by atoms with van der Waals surface area (Å²) in [5, 5.41) is 0.449. The second-order valence-electron chi connectivity index (χ2n) is 3.95. The average Bonchev–Trinajstić information content (AvgIpc) is 2.63. The Labute approximate surface area is 97.7 Å². The average molecular weight is 232 g/mol. The molecule has 1 aromatic carbocycles. The lowest BCUT2D eigenvalue weighted by molar-refractivity contribution is 1.14. The molecule has 3 aromatic rings. The van der Waals surface area contributed by atoms with Crippen molar-refractivity contribution in [3.63, 3.8) is 0 Å². The molecular formula is C12H10ClN3. The summed E-state index contributed by atoms with van der Waals surface area (Å²) in [4.78, 5) is 8.61. The number of rotatable bonds is 0. The van der Waals surface area contributed by atoms with Crippen molar-refractivity contribution in [2.45, 2.75) is 13.8 Å². The van der Waals surface area contributed by atoms with Crippen LogP contribution >= 0.6 is 11.6 Å². The standard InChI is InChI=1S/C12H10ClN3/c1-7-3-4-9-10(5-7)16-8(2)6-14-12(16)11(13)15-9/h3-6H,1-2H3. The maximum atomic E-state index is 6.09. The monoisotopic (exact) mass is 231 g/mol. The summed E-state index contributed by atoms with van der Waals surface area (Å²) in [6.45, 7) is 4.07. The summed E-state index contributed by atoms with van der Waals surface area (Å²) in [6, 6.07) is 6.11. The number of aromatic nitrogens is 3. The van der Waals surface area contributed by atoms with Crippen LogP contribution in [0.25, 0.3) is 16.7 Å². The lowest BCUT2D eigenvalue weighted by Crippen LogP contribution is -1.95. The van der Waals surface area contributed by atoms with Crippen molar-refractivity contribution >= 4 is 28.3 Å². The van der Waals surface area contributed by atoms with Crippen molar-refractivity contribution in [2.24, 2.45) is 0 Å². The first kappa shape index (κ1) is 9.60. The van der Waals surface area contributed by atoms with Gasteiger partial charge in [0.25, 0.3) is 0 Å². The number of imidazole rings is 1. The van der Waals surface area contributed by atoms with Crippen molar-refractivity contribution < 1.29 is 0 Å². The van der Waals surface area contributed by atoms with E-state index in [1.54, 1.807) is 0 Å². The largest absolute Gasteiger partial charge is 0.293 e. The number of aryl methyl sites for hydroxylation is 2. The van der Waals surface area contributed by atoms with Crippen LogP contribution in [0.1, 0.15) is 11.3 Å². The van der Waals surface area contributed by atoms with Crippen molar-refractivity contribution in [1.82, 2.24) is 14.4 Å². The topological polar surface area (TPSA) is 30.2 Å². The van der Waals surface area contributed by atoms with Crippen LogP contribution in [0.3, 0.4) is 0 Å². The van der Waals surface area contributed by atoms with Crippen LogP contribution in [0.2, 0.25) is 5.15 Å². The van der Waals surface area contributed by atoms with Crippen molar-refractivity contribution in [1.29, 1.82) is 0 Å². The van der Waals surface area contributed by atoms with Crippen LogP contribution < -0.4 is 0 Å². The number of hydrogen-bond donors (Lipinski definition) is 0. The molecule has 4 heteroatoms. The van der Waals surface area contributed by atoms with E-state index in [0.29, 0.717) is 5.15 Å². The maximum Gasteiger partial charge on any atom is 0.175 e. The molecule has 0 aliphatic carbocycles. The highest BCUT2D eigenvalue weighted by Gasteiger charge is 2.09. The van der Waals surface area contributed by atoms with Crippen molar-refractivity contribution in [3.8, 4) is 0 Å². The minimum Gasteiger partial charge on any atom is -0.293 e. The highest BCUT2D eigenvalue weighted by molar-refractivity contribution is 6.32. The fraction of sp³-hybridized carbons (Fsp3) is 0.167. The first-order chi connectivity index (χ1) is 7.66. The van der Waals surface area contributed by atoms with Gasteiger partial charge in [-0.2, -0.15) is 0 Å². The van der Waals surface area contributed by atoms with E-state index in [1.807, 2.05) is 29.7 Å². The van der Waals surface area contributed by atoms with Crippen LogP contribution in [-0.4, -0.2) is 14.4 Å². The Morgan fingerprint density at radius 2 is 2.06 bits per heavy atom. The highest BCUT2D eigenvalue weighted by Crippen LogP contribution is 2.22. The van der Waals surface area contributed by atoms with E-state index in [-0.39, 0.29) is 0 Å². The first-order valence-electron chi connectivity index (χ1n) is 5.07. The Hall–Kier alpha value is -1.61. The zero-order valence-electron chi connectivity index (χ0n) is 9.03. The van der Waals surface area contributed by atoms with E-state index in [1.165, 1.54) is 5.56 Å². The summed E-state index contributed by atoms with van der Waals surface area (Å²) in [7, 11) is 0. The third-order valence-electron chi connectivity index (χ3n) is 2.71. The van der Waals surface area contributed by atoms with Gasteiger partial charge in [-0.05, 0) is 31.5 Å². The molecule has 0 aliphatic heterocycles. The van der Waals surface area contributed by atoms with Gasteiger partial charge in [-0.1, -0.05) is 17.7 Å². The summed E-state index contributed by atoms with van der Waals surface area (Å²) in [6.07, 6.45) is 1.81. The van der Waals surface area contributed by atoms with Crippen LogP contribution in [0, 0.1) is 13.8 Å². The van der Waals surface area contributed by atoms with Gasteiger partial charge < -0.3 is 0 Å². The zero-order valence-corrected chi connectivity index (χ0v) is 9.78. The van der Waals surface area contributed by atoms with Gasteiger partial charge in [0.2, 0.25) is 0 Å². The van der Waals surface area contributed by atoms with Gasteiger partial charge in [0, 0.05) is 11.9 Å². The predicted molar refractivity (Wildman–Crippen MR) is 65.0 cm³/mol. The van der Waals surface area contributed by atoms with Gasteiger partial charge in [0.15, 0.2) is 10.8 Å². The molecule has 0 radical (unpaired) electrons. The van der Waals surface area contributed by atoms with Crippen LogP contribution in [0.4, 0.5) is 0 Å². The first-order valence-corrected chi connectivity index (χ1v) is 5.44. The molecule has 0 N–H and O–H groups in total. The molecule has 3 rings (SSSR count). The molecule has 0 aliphatic rings. The third-order valence-corrected chi connectivity index (χ3v) is 2.97. The molecule has 16 heavy (non-hydrogen) atoms. The minimum absolute atomic E-state index is 0.449. The maximum absolute atomic E-state index is 6.09. The van der Waals surface area contributed by atoms with E-state index >= 15 is 0 Å². The molecule has 0 saturated heterocycles. The van der Waals surface area contributed by atoms with Crippen LogP contribution in [0.15, 0.2) is 24.4 Å². The second-order valence-corrected chi connectivity index (χ2v) is 4.31. The number of hydrogen-bond acceptors (Lipinski definition) is 2. The van der Waals surface area contributed by atoms with Gasteiger partial charge in [-0.15, -0.1) is 0 Å². The lowest BCUT2D eigenvalue weighted by atomic mass is 10.2. The molecule has 0 fully saturated rings. The van der Waals surface area contributed by atoms with E-state index in [9.17, 15) is 0 Å². The molecule has 0 unspecified atom stereocenters. The van der Waals surface area contributed by atoms with Gasteiger partial charge in [0.05, 0.1) is 11.0 Å². The van der Waals surface area contributed by atoms with E-state index in [4.69, 9.17) is 11.6 Å². The van der Waals surface area contributed by atoms with Crippen molar-refractivity contribution in [2.75, 3.05) is 0 Å². The third kappa shape index (κ3) is 1.21. The summed E-state index contributed by atoms with van der Waals surface area (Å²) in [5.41, 5.74) is 4.93. The summed E-state index contributed by atoms with van der Waals surface area (Å²) in [5.74, 6) is 0. The quantitative estimate of drug-likeness (QED) is 0.595. The molecule has 2 aromatic heterocycles. The van der Waals surface area contributed by atoms with Gasteiger partial charge in [-0.3, -0.25) is 4.40 Å². The van der Waals surface area contributed by atoms with Gasteiger partial charge in [0.1, 0.15) is 0 Å². The molecule has 0 spiro atoms. The van der Waals surface area contributed by atoms with Crippen LogP contribution in [0.5, 0.6) is 0 Å². The van der Waals surface area contributed by atoms with E-state index < -0.39 is 0 Å². The Balaban J connectivity index is 2.64. The molecule has 0 amide bonds. The molecule has 2 heterocycles. The number of nitrogens with zero attached hydrogens (tertiary/aromatic N) is 3. The molecular weight excluding hydrogens is 222 g/mol. The van der Waals surface area contributed by atoms with Gasteiger partial charge >= 0.3 is 0 Å². The van der Waals surface area contributed by atoms with E-state index in [2.05, 4.69) is 23.0 Å². The second kappa shape index (κ2) is 3.19. The van der Waals surface area contributed by atoms with E-state index in [0.717, 1.165) is 22.4 Å². The Morgan fingerprint density at radius 3 is 2.88 bits per heavy atom. The SMILES string of the molecule is Cc1ccc2nc(Cl)c3ncc(C)n3c2c1. The summed E-state index contributed by atoms with van der Waals surface area (Å²) >= 11 is 6.09. The summed E-state index contributed by atoms with van der Waals surface area (Å²) < 4.78 is 2.04. The molecule has 80 valence electrons. The van der Waals surface area contributed by atoms with Crippen LogP contribution in [-0.2, 0) is 0 Å². The molecule has 0 atom stereocenters. The Bertz CT molecular complexity index is 700. The Kier molecular flexibility index (Phi) is 1.91. The molecule has 0 bridgehead atoms. The normalized spacial score (nSPS) is 11.4. The number of halogens is 1. The van der Waals surface area contributed by atoms with Crippen molar-refractivity contribution in [3.05, 3.63) is 40.8 Å². The predicted octanol–water partition coefficient (Wildman–Crippen LogP) is 3.15. The highest BCUT2D eigenvalue weighted by atomic mass is 35.5. The smallest absolute Gasteiger partial charge is 0.175 e.